The van der Waals surface area contributed by atoms with E-state index in [0.29, 0.717) is 0 Å². The van der Waals surface area contributed by atoms with Gasteiger partial charge in [0.2, 0.25) is 0 Å². The van der Waals surface area contributed by atoms with Crippen LogP contribution in [0, 0.1) is 0 Å². The molecule has 86 valence electrons. The fourth-order valence-corrected chi connectivity index (χ4v) is 2.51. The summed E-state index contributed by atoms with van der Waals surface area (Å²) in [5, 5.41) is 10.00. The fraction of sp³-hybridized carbons (Fsp3) is 0.214. The third-order valence-corrected chi connectivity index (χ3v) is 3.25. The molecule has 3 nitrogen and oxygen atoms in total. The maximum absolute atomic E-state index is 11.7. The molecule has 2 heterocycles. The van der Waals surface area contributed by atoms with Crippen LogP contribution in [0.1, 0.15) is 12.1 Å². The van der Waals surface area contributed by atoms with E-state index in [-0.39, 0.29) is 11.3 Å². The number of rotatable bonds is 1. The monoisotopic (exact) mass is 227 g/mol. The number of benzene rings is 1. The minimum atomic E-state index is -0.102. The van der Waals surface area contributed by atoms with Crippen molar-refractivity contribution in [1.29, 1.82) is 0 Å². The first-order valence-corrected chi connectivity index (χ1v) is 5.78. The Kier molecular flexibility index (Phi) is 2.25. The molecule has 1 aromatic heterocycles. The summed E-state index contributed by atoms with van der Waals surface area (Å²) in [6, 6.07) is 11.0. The summed E-state index contributed by atoms with van der Waals surface area (Å²) in [5.74, 6) is 0.0920. The number of hydrogen-bond acceptors (Lipinski definition) is 2. The molecule has 0 saturated heterocycles. The highest BCUT2D eigenvalue weighted by Gasteiger charge is 2.20. The zero-order chi connectivity index (χ0) is 11.8. The summed E-state index contributed by atoms with van der Waals surface area (Å²) in [6.07, 6.45) is 1.83. The number of fused-ring (bicyclic) bond motifs is 1. The summed E-state index contributed by atoms with van der Waals surface area (Å²) in [4.78, 5) is 11.7. The van der Waals surface area contributed by atoms with Crippen molar-refractivity contribution in [3.8, 4) is 16.9 Å². The van der Waals surface area contributed by atoms with E-state index in [0.717, 1.165) is 36.2 Å². The number of nitrogens with zero attached hydrogens (tertiary/aromatic N) is 1. The van der Waals surface area contributed by atoms with Crippen molar-refractivity contribution in [2.75, 3.05) is 0 Å². The smallest absolute Gasteiger partial charge is 0.254 e. The van der Waals surface area contributed by atoms with Gasteiger partial charge >= 0.3 is 0 Å². The molecular weight excluding hydrogens is 214 g/mol. The Morgan fingerprint density at radius 3 is 2.71 bits per heavy atom. The lowest BCUT2D eigenvalue weighted by molar-refractivity contribution is 0.473. The van der Waals surface area contributed by atoms with Gasteiger partial charge in [0.05, 0.1) is 0 Å². The molecule has 0 bridgehead atoms. The molecular formula is C14H13NO2. The Balaban J connectivity index is 2.31. The van der Waals surface area contributed by atoms with Crippen LogP contribution in [-0.2, 0) is 13.0 Å². The number of aromatic nitrogens is 1. The van der Waals surface area contributed by atoms with Crippen molar-refractivity contribution in [2.24, 2.45) is 0 Å². The van der Waals surface area contributed by atoms with Crippen LogP contribution in [0.5, 0.6) is 5.75 Å². The van der Waals surface area contributed by atoms with E-state index in [4.69, 9.17) is 0 Å². The molecule has 1 aliphatic heterocycles. The number of pyridine rings is 1. The molecule has 17 heavy (non-hydrogen) atoms. The maximum Gasteiger partial charge on any atom is 0.254 e. The van der Waals surface area contributed by atoms with Crippen molar-refractivity contribution in [2.45, 2.75) is 19.4 Å². The molecule has 2 aromatic rings. The van der Waals surface area contributed by atoms with Crippen molar-refractivity contribution < 1.29 is 5.11 Å². The Labute approximate surface area is 99.0 Å². The van der Waals surface area contributed by atoms with Crippen LogP contribution >= 0.6 is 0 Å². The first-order valence-electron chi connectivity index (χ1n) is 5.78. The van der Waals surface area contributed by atoms with Crippen molar-refractivity contribution in [3.05, 3.63) is 52.4 Å². The second-order valence-electron chi connectivity index (χ2n) is 4.31. The van der Waals surface area contributed by atoms with Gasteiger partial charge in [-0.25, -0.2) is 0 Å². The molecule has 3 heteroatoms. The number of hydrogen-bond donors (Lipinski definition) is 1. The topological polar surface area (TPSA) is 42.2 Å². The Hall–Kier alpha value is -2.03. The molecule has 1 aliphatic rings. The van der Waals surface area contributed by atoms with Crippen molar-refractivity contribution >= 4 is 0 Å². The van der Waals surface area contributed by atoms with Gasteiger partial charge in [-0.3, -0.25) is 4.79 Å². The van der Waals surface area contributed by atoms with E-state index in [1.807, 2.05) is 30.3 Å². The highest BCUT2D eigenvalue weighted by molar-refractivity contribution is 5.72. The average molecular weight is 227 g/mol. The van der Waals surface area contributed by atoms with E-state index in [2.05, 4.69) is 0 Å². The molecule has 1 aromatic carbocycles. The molecule has 0 unspecified atom stereocenters. The molecule has 0 atom stereocenters. The minimum Gasteiger partial charge on any atom is -0.507 e. The van der Waals surface area contributed by atoms with Crippen LogP contribution in [-0.4, -0.2) is 9.67 Å². The van der Waals surface area contributed by atoms with Gasteiger partial charge in [0.1, 0.15) is 5.75 Å². The van der Waals surface area contributed by atoms with E-state index in [9.17, 15) is 9.90 Å². The van der Waals surface area contributed by atoms with Gasteiger partial charge in [-0.1, -0.05) is 30.3 Å². The quantitative estimate of drug-likeness (QED) is 0.811. The van der Waals surface area contributed by atoms with Crippen LogP contribution in [0.4, 0.5) is 0 Å². The van der Waals surface area contributed by atoms with E-state index >= 15 is 0 Å². The lowest BCUT2D eigenvalue weighted by Gasteiger charge is -2.11. The van der Waals surface area contributed by atoms with Crippen LogP contribution in [0.15, 0.2) is 41.2 Å². The van der Waals surface area contributed by atoms with Crippen LogP contribution < -0.4 is 5.56 Å². The molecule has 0 fully saturated rings. The highest BCUT2D eigenvalue weighted by atomic mass is 16.3. The molecule has 0 saturated carbocycles. The van der Waals surface area contributed by atoms with Gasteiger partial charge in [0, 0.05) is 23.9 Å². The molecule has 0 spiro atoms. The van der Waals surface area contributed by atoms with E-state index in [1.54, 1.807) is 4.57 Å². The molecule has 0 radical (unpaired) electrons. The standard InChI is InChI=1S/C14H13NO2/c16-12-9-13(17)15-8-4-7-11(15)14(12)10-5-2-1-3-6-10/h1-3,5-6,9,16H,4,7-8H2. The predicted molar refractivity (Wildman–Crippen MR) is 66.1 cm³/mol. The van der Waals surface area contributed by atoms with E-state index in [1.165, 1.54) is 6.07 Å². The predicted octanol–water partition coefficient (Wildman–Crippen LogP) is 2.17. The summed E-state index contributed by atoms with van der Waals surface area (Å²) < 4.78 is 1.77. The molecule has 3 rings (SSSR count). The highest BCUT2D eigenvalue weighted by Crippen LogP contribution is 2.33. The van der Waals surface area contributed by atoms with Gasteiger partial charge in [0.15, 0.2) is 0 Å². The molecule has 1 N–H and O–H groups in total. The lowest BCUT2D eigenvalue weighted by Crippen LogP contribution is -2.18. The third-order valence-electron chi connectivity index (χ3n) is 3.25. The van der Waals surface area contributed by atoms with Gasteiger partial charge < -0.3 is 9.67 Å². The van der Waals surface area contributed by atoms with E-state index < -0.39 is 0 Å². The summed E-state index contributed by atoms with van der Waals surface area (Å²) in [5.41, 5.74) is 2.63. The second kappa shape index (κ2) is 3.77. The van der Waals surface area contributed by atoms with Crippen LogP contribution in [0.25, 0.3) is 11.1 Å². The van der Waals surface area contributed by atoms with Crippen molar-refractivity contribution in [1.82, 2.24) is 4.57 Å². The van der Waals surface area contributed by atoms with Crippen LogP contribution in [0.3, 0.4) is 0 Å². The zero-order valence-electron chi connectivity index (χ0n) is 9.39. The first-order chi connectivity index (χ1) is 8.27. The summed E-state index contributed by atoms with van der Waals surface area (Å²) >= 11 is 0. The van der Waals surface area contributed by atoms with Gasteiger partial charge in [0.25, 0.3) is 5.56 Å². The average Bonchev–Trinajstić information content (AvgIpc) is 2.79. The van der Waals surface area contributed by atoms with Gasteiger partial charge in [-0.05, 0) is 18.4 Å². The van der Waals surface area contributed by atoms with Crippen LogP contribution in [0.2, 0.25) is 0 Å². The van der Waals surface area contributed by atoms with Gasteiger partial charge in [-0.2, -0.15) is 0 Å². The summed E-state index contributed by atoms with van der Waals surface area (Å²) in [6.45, 7) is 0.758. The minimum absolute atomic E-state index is 0.0920. The first kappa shape index (κ1) is 10.1. The number of aromatic hydroxyl groups is 1. The molecule has 0 amide bonds. The molecule has 0 aliphatic carbocycles. The Morgan fingerprint density at radius 2 is 1.94 bits per heavy atom. The maximum atomic E-state index is 11.7. The summed E-state index contributed by atoms with van der Waals surface area (Å²) in [7, 11) is 0. The largest absolute Gasteiger partial charge is 0.507 e. The third kappa shape index (κ3) is 1.55. The second-order valence-corrected chi connectivity index (χ2v) is 4.31. The normalized spacial score (nSPS) is 13.6. The SMILES string of the molecule is O=c1cc(O)c(-c2ccccc2)c2n1CCC2. The lowest BCUT2D eigenvalue weighted by atomic mass is 10.0. The van der Waals surface area contributed by atoms with Gasteiger partial charge in [-0.15, -0.1) is 0 Å². The zero-order valence-corrected chi connectivity index (χ0v) is 9.39. The van der Waals surface area contributed by atoms with Crippen molar-refractivity contribution in [3.63, 3.8) is 0 Å². The Morgan fingerprint density at radius 1 is 1.18 bits per heavy atom. The fourth-order valence-electron chi connectivity index (χ4n) is 2.51. The Bertz CT molecular complexity index is 614.